The molecule has 4 rings (SSSR count). The van der Waals surface area contributed by atoms with Gasteiger partial charge in [0.25, 0.3) is 17.4 Å². The number of carbonyl (C=O) groups excluding carboxylic acids is 2. The van der Waals surface area contributed by atoms with E-state index < -0.39 is 66.2 Å². The number of aromatic nitrogens is 4. The number of alkyl halides is 6. The van der Waals surface area contributed by atoms with Crippen LogP contribution < -0.4 is 20.9 Å². The molecule has 2 N–H and O–H groups in total. The Hall–Kier alpha value is -4.48. The number of anilines is 1. The third-order valence-corrected chi connectivity index (χ3v) is 6.64. The summed E-state index contributed by atoms with van der Waals surface area (Å²) in [6.45, 7) is -1.48. The van der Waals surface area contributed by atoms with Crippen LogP contribution >= 0.6 is 0 Å². The summed E-state index contributed by atoms with van der Waals surface area (Å²) in [6.07, 6.45) is -4.49. The highest BCUT2D eigenvalue weighted by molar-refractivity contribution is 5.92. The van der Waals surface area contributed by atoms with Crippen molar-refractivity contribution in [3.63, 3.8) is 0 Å². The number of halogens is 7. The minimum absolute atomic E-state index is 0.155. The van der Waals surface area contributed by atoms with Crippen LogP contribution in [0.1, 0.15) is 35.3 Å². The lowest BCUT2D eigenvalue weighted by atomic mass is 10.1. The smallest absolute Gasteiger partial charge is 0.406 e. The average Bonchev–Trinajstić information content (AvgIpc) is 3.41. The number of ether oxygens (including phenoxy) is 1. The highest BCUT2D eigenvalue weighted by Crippen LogP contribution is 2.26. The zero-order valence-electron chi connectivity index (χ0n) is 23.5. The molecule has 2 aromatic heterocycles. The van der Waals surface area contributed by atoms with Gasteiger partial charge >= 0.3 is 6.36 Å². The molecule has 3 heterocycles. The maximum absolute atomic E-state index is 14.7. The molecular weight excluding hydrogens is 619 g/mol. The van der Waals surface area contributed by atoms with Crippen molar-refractivity contribution in [3.8, 4) is 5.75 Å². The topological polar surface area (TPSA) is 123 Å². The molecule has 18 heteroatoms. The molecule has 3 aromatic rings. The molecule has 2 amide bonds. The Bertz CT molecular complexity index is 1560. The van der Waals surface area contributed by atoms with Gasteiger partial charge in [0.2, 0.25) is 11.7 Å². The van der Waals surface area contributed by atoms with Gasteiger partial charge in [0.1, 0.15) is 11.9 Å². The number of amides is 2. The summed E-state index contributed by atoms with van der Waals surface area (Å²) in [6, 6.07) is 6.10. The number of rotatable bonds is 12. The highest BCUT2D eigenvalue weighted by atomic mass is 19.4. The van der Waals surface area contributed by atoms with Gasteiger partial charge in [0, 0.05) is 25.7 Å². The first-order valence-electron chi connectivity index (χ1n) is 13.6. The van der Waals surface area contributed by atoms with E-state index in [2.05, 4.69) is 25.7 Å². The van der Waals surface area contributed by atoms with E-state index in [-0.39, 0.29) is 51.1 Å². The number of aryl methyl sites for hydroxylation is 1. The molecule has 244 valence electrons. The number of likely N-dealkylation sites (tertiary alicyclic amines) is 1. The van der Waals surface area contributed by atoms with E-state index in [1.165, 1.54) is 17.0 Å². The first-order chi connectivity index (χ1) is 21.2. The van der Waals surface area contributed by atoms with Gasteiger partial charge in [-0.15, -0.1) is 18.3 Å². The van der Waals surface area contributed by atoms with Crippen LogP contribution in [0.25, 0.3) is 0 Å². The summed E-state index contributed by atoms with van der Waals surface area (Å²) in [7, 11) is 0. The summed E-state index contributed by atoms with van der Waals surface area (Å²) in [5, 5.41) is 12.0. The predicted octanol–water partition coefficient (Wildman–Crippen LogP) is 3.51. The number of nitrogens with zero attached hydrogens (tertiary/aromatic N) is 5. The molecular formula is C27H28F7N7O4. The van der Waals surface area contributed by atoms with E-state index in [0.29, 0.717) is 5.56 Å². The number of hydrogen-bond acceptors (Lipinski definition) is 7. The van der Waals surface area contributed by atoms with Crippen LogP contribution in [0, 0.1) is 5.82 Å². The molecule has 0 saturated carbocycles. The van der Waals surface area contributed by atoms with Crippen molar-refractivity contribution in [1.82, 2.24) is 29.8 Å². The number of nitrogens with one attached hydrogen (secondary N) is 2. The van der Waals surface area contributed by atoms with Gasteiger partial charge in [0.15, 0.2) is 5.69 Å². The molecule has 1 atom stereocenters. The van der Waals surface area contributed by atoms with Crippen LogP contribution in [-0.4, -0.2) is 74.4 Å². The van der Waals surface area contributed by atoms with Crippen molar-refractivity contribution < 1.29 is 45.1 Å². The van der Waals surface area contributed by atoms with E-state index in [1.807, 2.05) is 0 Å². The Morgan fingerprint density at radius 3 is 2.69 bits per heavy atom. The SMILES string of the molecule is O=C(CN1CCCC(F)(F)C1)Nc1ccn(CCC(F)Cn2cc(C(=O)NCc3cccc(OC(F)(F)F)c3)nn2)c(=O)c1F. The second kappa shape index (κ2) is 14.1. The minimum Gasteiger partial charge on any atom is -0.406 e. The summed E-state index contributed by atoms with van der Waals surface area (Å²) < 4.78 is 99.4. The van der Waals surface area contributed by atoms with Crippen molar-refractivity contribution in [2.45, 2.75) is 57.4 Å². The first kappa shape index (κ1) is 33.4. The van der Waals surface area contributed by atoms with Crippen LogP contribution in [0.4, 0.5) is 36.4 Å². The Balaban J connectivity index is 1.24. The quantitative estimate of drug-likeness (QED) is 0.289. The molecule has 1 aromatic carbocycles. The summed E-state index contributed by atoms with van der Waals surface area (Å²) >= 11 is 0. The van der Waals surface area contributed by atoms with Crippen molar-refractivity contribution >= 4 is 17.5 Å². The molecule has 1 fully saturated rings. The molecule has 0 bridgehead atoms. The maximum atomic E-state index is 14.7. The summed E-state index contributed by atoms with van der Waals surface area (Å²) in [5.41, 5.74) is -1.43. The maximum Gasteiger partial charge on any atom is 0.573 e. The van der Waals surface area contributed by atoms with E-state index in [0.717, 1.165) is 39.8 Å². The highest BCUT2D eigenvalue weighted by Gasteiger charge is 2.35. The van der Waals surface area contributed by atoms with Gasteiger partial charge in [0.05, 0.1) is 31.5 Å². The van der Waals surface area contributed by atoms with Gasteiger partial charge in [-0.1, -0.05) is 17.3 Å². The Morgan fingerprint density at radius 1 is 1.18 bits per heavy atom. The molecule has 1 saturated heterocycles. The number of benzene rings is 1. The molecule has 1 aliphatic heterocycles. The summed E-state index contributed by atoms with van der Waals surface area (Å²) in [4.78, 5) is 38.2. The zero-order chi connectivity index (χ0) is 32.8. The van der Waals surface area contributed by atoms with Gasteiger partial charge in [-0.3, -0.25) is 19.3 Å². The molecule has 1 aliphatic rings. The van der Waals surface area contributed by atoms with Crippen molar-refractivity contribution in [1.29, 1.82) is 0 Å². The average molecular weight is 648 g/mol. The third kappa shape index (κ3) is 10.0. The van der Waals surface area contributed by atoms with Gasteiger partial charge in [-0.05, 0) is 43.1 Å². The van der Waals surface area contributed by atoms with Gasteiger partial charge < -0.3 is 19.9 Å². The first-order valence-corrected chi connectivity index (χ1v) is 13.6. The van der Waals surface area contributed by atoms with Crippen molar-refractivity contribution in [3.05, 3.63) is 70.2 Å². The van der Waals surface area contributed by atoms with Gasteiger partial charge in [-0.2, -0.15) is 4.39 Å². The lowest BCUT2D eigenvalue weighted by molar-refractivity contribution is -0.274. The third-order valence-electron chi connectivity index (χ3n) is 6.64. The fraction of sp³-hybridized carbons (Fsp3) is 0.444. The lowest BCUT2D eigenvalue weighted by Crippen LogP contribution is -2.45. The van der Waals surface area contributed by atoms with Crippen LogP contribution in [0.5, 0.6) is 5.75 Å². The van der Waals surface area contributed by atoms with E-state index in [1.54, 1.807) is 0 Å². The second-order valence-corrected chi connectivity index (χ2v) is 10.3. The zero-order valence-corrected chi connectivity index (χ0v) is 23.5. The fourth-order valence-corrected chi connectivity index (χ4v) is 4.58. The normalized spacial score (nSPS) is 15.8. The number of carbonyl (C=O) groups is 2. The minimum atomic E-state index is -4.87. The fourth-order valence-electron chi connectivity index (χ4n) is 4.58. The summed E-state index contributed by atoms with van der Waals surface area (Å²) in [5.74, 6) is -6.15. The number of piperidine rings is 1. The van der Waals surface area contributed by atoms with Crippen LogP contribution in [0.15, 0.2) is 47.5 Å². The Morgan fingerprint density at radius 2 is 1.96 bits per heavy atom. The van der Waals surface area contributed by atoms with Crippen LogP contribution in [0.2, 0.25) is 0 Å². The largest absolute Gasteiger partial charge is 0.573 e. The van der Waals surface area contributed by atoms with Crippen molar-refractivity contribution in [2.24, 2.45) is 0 Å². The standard InChI is InChI=1S/C27H28F7N7O4/c28-18(13-41-14-21(37-38-41)24(43)35-12-17-3-1-4-19(11-17)45-27(32,33)34)5-9-40-10-6-20(23(29)25(40)44)36-22(42)15-39-8-2-7-26(30,31)16-39/h1,3-4,6,10-11,14,18H,2,5,7-9,12-13,15-16H2,(H,35,43)(H,36,42). The Kier molecular flexibility index (Phi) is 10.5. The second-order valence-electron chi connectivity index (χ2n) is 10.3. The monoisotopic (exact) mass is 647 g/mol. The van der Waals surface area contributed by atoms with E-state index >= 15 is 0 Å². The van der Waals surface area contributed by atoms with Gasteiger partial charge in [-0.25, -0.2) is 17.9 Å². The molecule has 0 aliphatic carbocycles. The molecule has 1 unspecified atom stereocenters. The van der Waals surface area contributed by atoms with Crippen LogP contribution in [-0.2, 0) is 24.4 Å². The van der Waals surface area contributed by atoms with E-state index in [9.17, 15) is 45.1 Å². The lowest BCUT2D eigenvalue weighted by Gasteiger charge is -2.31. The molecule has 0 radical (unpaired) electrons. The molecule has 45 heavy (non-hydrogen) atoms. The predicted molar refractivity (Wildman–Crippen MR) is 144 cm³/mol. The van der Waals surface area contributed by atoms with Crippen LogP contribution in [0.3, 0.4) is 0 Å². The molecule has 11 nitrogen and oxygen atoms in total. The number of hydrogen-bond donors (Lipinski definition) is 2. The molecule has 0 spiro atoms. The Labute approximate surface area is 250 Å². The number of pyridine rings is 1. The van der Waals surface area contributed by atoms with Crippen molar-refractivity contribution in [2.75, 3.05) is 25.0 Å². The van der Waals surface area contributed by atoms with E-state index in [4.69, 9.17) is 0 Å².